The van der Waals surface area contributed by atoms with Crippen molar-refractivity contribution in [3.8, 4) is 0 Å². The summed E-state index contributed by atoms with van der Waals surface area (Å²) in [6.07, 6.45) is 17.7. The third-order valence-electron chi connectivity index (χ3n) is 4.73. The first-order chi connectivity index (χ1) is 8.88. The molecule has 1 rings (SSSR count). The summed E-state index contributed by atoms with van der Waals surface area (Å²) < 4.78 is 0. The highest BCUT2D eigenvalue weighted by Gasteiger charge is 2.20. The Hall–Kier alpha value is -0.0400. The van der Waals surface area contributed by atoms with E-state index in [-0.39, 0.29) is 0 Å². The molecule has 1 heteroatoms. The topological polar surface area (TPSA) is 12.0 Å². The first kappa shape index (κ1) is 16.0. The van der Waals surface area contributed by atoms with Crippen molar-refractivity contribution >= 4 is 0 Å². The van der Waals surface area contributed by atoms with Crippen molar-refractivity contribution in [3.05, 3.63) is 0 Å². The molecule has 1 fully saturated rings. The molecule has 0 bridgehead atoms. The summed E-state index contributed by atoms with van der Waals surface area (Å²) in [6, 6.07) is 0. The Kier molecular flexibility index (Phi) is 9.65. The number of unbranched alkanes of at least 4 members (excludes halogenated alkanes) is 1. The lowest BCUT2D eigenvalue weighted by molar-refractivity contribution is 0.250. The van der Waals surface area contributed by atoms with Crippen LogP contribution in [0.5, 0.6) is 0 Å². The number of rotatable bonds is 7. The summed E-state index contributed by atoms with van der Waals surface area (Å²) in [6.45, 7) is 3.57. The normalized spacial score (nSPS) is 26.3. The molecular formula is C17H35N. The van der Waals surface area contributed by atoms with Crippen LogP contribution in [0.1, 0.15) is 84.0 Å². The van der Waals surface area contributed by atoms with E-state index in [2.05, 4.69) is 19.3 Å². The van der Waals surface area contributed by atoms with E-state index in [0.717, 1.165) is 11.8 Å². The van der Waals surface area contributed by atoms with Gasteiger partial charge in [-0.05, 0) is 31.8 Å². The Morgan fingerprint density at radius 1 is 0.833 bits per heavy atom. The highest BCUT2D eigenvalue weighted by atomic mass is 14.8. The lowest BCUT2D eigenvalue weighted by Gasteiger charge is -2.26. The molecule has 0 amide bonds. The van der Waals surface area contributed by atoms with Crippen LogP contribution < -0.4 is 5.32 Å². The van der Waals surface area contributed by atoms with Gasteiger partial charge in [-0.25, -0.2) is 0 Å². The largest absolute Gasteiger partial charge is 0.320 e. The lowest BCUT2D eigenvalue weighted by atomic mass is 9.79. The summed E-state index contributed by atoms with van der Waals surface area (Å²) in [4.78, 5) is 0. The summed E-state index contributed by atoms with van der Waals surface area (Å²) >= 11 is 0. The van der Waals surface area contributed by atoms with Crippen LogP contribution in [-0.2, 0) is 0 Å². The second-order valence-electron chi connectivity index (χ2n) is 6.25. The van der Waals surface area contributed by atoms with Crippen LogP contribution in [0.25, 0.3) is 0 Å². The Morgan fingerprint density at radius 2 is 1.44 bits per heavy atom. The second kappa shape index (κ2) is 10.8. The zero-order valence-corrected chi connectivity index (χ0v) is 12.8. The van der Waals surface area contributed by atoms with Gasteiger partial charge in [0, 0.05) is 0 Å². The molecule has 18 heavy (non-hydrogen) atoms. The fourth-order valence-electron chi connectivity index (χ4n) is 3.65. The van der Waals surface area contributed by atoms with Crippen molar-refractivity contribution in [2.75, 3.05) is 13.6 Å². The molecule has 1 saturated carbocycles. The number of hydrogen-bond acceptors (Lipinski definition) is 1. The molecule has 0 heterocycles. The molecule has 2 unspecified atom stereocenters. The maximum Gasteiger partial charge on any atom is -0.00519 e. The van der Waals surface area contributed by atoms with Crippen molar-refractivity contribution < 1.29 is 0 Å². The average molecular weight is 253 g/mol. The predicted molar refractivity (Wildman–Crippen MR) is 82.0 cm³/mol. The van der Waals surface area contributed by atoms with Crippen LogP contribution in [0.2, 0.25) is 0 Å². The zero-order chi connectivity index (χ0) is 13.1. The Morgan fingerprint density at radius 3 is 2.06 bits per heavy atom. The average Bonchev–Trinajstić information content (AvgIpc) is 2.48. The van der Waals surface area contributed by atoms with Gasteiger partial charge in [0.05, 0.1) is 0 Å². The molecule has 0 saturated heterocycles. The minimum Gasteiger partial charge on any atom is -0.320 e. The maximum absolute atomic E-state index is 3.27. The summed E-state index contributed by atoms with van der Waals surface area (Å²) in [5, 5.41) is 3.27. The van der Waals surface area contributed by atoms with Crippen molar-refractivity contribution in [1.82, 2.24) is 5.32 Å². The smallest absolute Gasteiger partial charge is 0.00519 e. The molecule has 1 N–H and O–H groups in total. The molecule has 108 valence electrons. The van der Waals surface area contributed by atoms with Gasteiger partial charge in [0.1, 0.15) is 0 Å². The molecule has 0 spiro atoms. The van der Waals surface area contributed by atoms with Crippen molar-refractivity contribution in [2.24, 2.45) is 11.8 Å². The molecule has 0 aliphatic heterocycles. The standard InChI is InChI=1S/C17H35N/c1-3-11-16-12-7-5-4-6-8-13-17(16)14-9-10-15-18-2/h16-18H,3-15H2,1-2H3. The molecule has 1 nitrogen and oxygen atoms in total. The quantitative estimate of drug-likeness (QED) is 0.618. The molecule has 0 aromatic carbocycles. The van der Waals surface area contributed by atoms with Gasteiger partial charge in [-0.3, -0.25) is 0 Å². The fourth-order valence-corrected chi connectivity index (χ4v) is 3.65. The van der Waals surface area contributed by atoms with Gasteiger partial charge >= 0.3 is 0 Å². The van der Waals surface area contributed by atoms with Gasteiger partial charge in [0.25, 0.3) is 0 Å². The summed E-state index contributed by atoms with van der Waals surface area (Å²) in [5.41, 5.74) is 0. The summed E-state index contributed by atoms with van der Waals surface area (Å²) in [5.74, 6) is 2.09. The van der Waals surface area contributed by atoms with Crippen LogP contribution >= 0.6 is 0 Å². The van der Waals surface area contributed by atoms with Crippen LogP contribution in [0.4, 0.5) is 0 Å². The Bertz CT molecular complexity index is 178. The molecule has 0 aromatic heterocycles. The lowest BCUT2D eigenvalue weighted by Crippen LogP contribution is -2.16. The van der Waals surface area contributed by atoms with E-state index in [9.17, 15) is 0 Å². The van der Waals surface area contributed by atoms with Gasteiger partial charge in [-0.2, -0.15) is 0 Å². The fraction of sp³-hybridized carbons (Fsp3) is 1.00. The van der Waals surface area contributed by atoms with Crippen molar-refractivity contribution in [3.63, 3.8) is 0 Å². The second-order valence-corrected chi connectivity index (χ2v) is 6.25. The van der Waals surface area contributed by atoms with E-state index < -0.39 is 0 Å². The van der Waals surface area contributed by atoms with E-state index >= 15 is 0 Å². The minimum absolute atomic E-state index is 1.04. The van der Waals surface area contributed by atoms with Crippen LogP contribution in [-0.4, -0.2) is 13.6 Å². The van der Waals surface area contributed by atoms with E-state index in [4.69, 9.17) is 0 Å². The number of nitrogens with one attached hydrogen (secondary N) is 1. The van der Waals surface area contributed by atoms with Gasteiger partial charge < -0.3 is 5.32 Å². The van der Waals surface area contributed by atoms with Crippen molar-refractivity contribution in [2.45, 2.75) is 84.0 Å². The predicted octanol–water partition coefficient (Wildman–Crippen LogP) is 5.15. The highest BCUT2D eigenvalue weighted by molar-refractivity contribution is 4.72. The van der Waals surface area contributed by atoms with Gasteiger partial charge in [0.15, 0.2) is 0 Å². The molecule has 2 atom stereocenters. The highest BCUT2D eigenvalue weighted by Crippen LogP contribution is 2.33. The van der Waals surface area contributed by atoms with E-state index in [1.54, 1.807) is 0 Å². The Labute approximate surface area is 115 Å². The van der Waals surface area contributed by atoms with E-state index in [0.29, 0.717) is 0 Å². The zero-order valence-electron chi connectivity index (χ0n) is 12.8. The molecule has 1 aliphatic carbocycles. The van der Waals surface area contributed by atoms with Crippen LogP contribution in [0.3, 0.4) is 0 Å². The van der Waals surface area contributed by atoms with Gasteiger partial charge in [-0.15, -0.1) is 0 Å². The third-order valence-corrected chi connectivity index (χ3v) is 4.73. The maximum atomic E-state index is 3.27. The third kappa shape index (κ3) is 6.78. The van der Waals surface area contributed by atoms with E-state index in [1.807, 2.05) is 0 Å². The van der Waals surface area contributed by atoms with E-state index in [1.165, 1.54) is 83.6 Å². The number of hydrogen-bond donors (Lipinski definition) is 1. The van der Waals surface area contributed by atoms with Gasteiger partial charge in [0.2, 0.25) is 0 Å². The molecule has 0 radical (unpaired) electrons. The monoisotopic (exact) mass is 253 g/mol. The van der Waals surface area contributed by atoms with Crippen LogP contribution in [0, 0.1) is 11.8 Å². The van der Waals surface area contributed by atoms with Crippen molar-refractivity contribution in [1.29, 1.82) is 0 Å². The molecule has 1 aliphatic rings. The van der Waals surface area contributed by atoms with Crippen LogP contribution in [0.15, 0.2) is 0 Å². The van der Waals surface area contributed by atoms with Gasteiger partial charge in [-0.1, -0.05) is 77.6 Å². The Balaban J connectivity index is 2.37. The molecular weight excluding hydrogens is 218 g/mol. The minimum atomic E-state index is 1.04. The molecule has 0 aromatic rings. The summed E-state index contributed by atoms with van der Waals surface area (Å²) in [7, 11) is 2.07. The SMILES string of the molecule is CCCC1CCCCCCCC1CCCCNC. The first-order valence-corrected chi connectivity index (χ1v) is 8.53. The first-order valence-electron chi connectivity index (χ1n) is 8.53.